The lowest BCUT2D eigenvalue weighted by Gasteiger charge is -2.09. The molecule has 1 aromatic carbocycles. The molecule has 4 aromatic rings. The van der Waals surface area contributed by atoms with Crippen LogP contribution in [0.2, 0.25) is 5.02 Å². The van der Waals surface area contributed by atoms with Gasteiger partial charge >= 0.3 is 6.01 Å². The summed E-state index contributed by atoms with van der Waals surface area (Å²) in [6, 6.07) is 15.8. The van der Waals surface area contributed by atoms with Crippen molar-refractivity contribution in [2.45, 2.75) is 6.54 Å². The van der Waals surface area contributed by atoms with Gasteiger partial charge in [-0.05, 0) is 37.4 Å². The molecule has 29 heavy (non-hydrogen) atoms. The van der Waals surface area contributed by atoms with Crippen molar-refractivity contribution in [3.05, 3.63) is 71.6 Å². The lowest BCUT2D eigenvalue weighted by molar-refractivity contribution is 0.294. The van der Waals surface area contributed by atoms with Crippen LogP contribution in [0.3, 0.4) is 0 Å². The van der Waals surface area contributed by atoms with E-state index < -0.39 is 0 Å². The fourth-order valence-corrected chi connectivity index (χ4v) is 3.11. The first-order valence-corrected chi connectivity index (χ1v) is 9.68. The minimum Gasteiger partial charge on any atom is -0.462 e. The van der Waals surface area contributed by atoms with Crippen LogP contribution in [0, 0.1) is 0 Å². The zero-order chi connectivity index (χ0) is 20.1. The van der Waals surface area contributed by atoms with Crippen LogP contribution >= 0.6 is 11.6 Å². The molecule has 0 amide bonds. The van der Waals surface area contributed by atoms with Gasteiger partial charge in [0, 0.05) is 29.5 Å². The monoisotopic (exact) mass is 408 g/mol. The molecule has 0 bridgehead atoms. The van der Waals surface area contributed by atoms with E-state index in [1.165, 1.54) is 0 Å². The number of nitrogens with one attached hydrogen (secondary N) is 2. The van der Waals surface area contributed by atoms with E-state index in [0.717, 1.165) is 29.1 Å². The third-order valence-corrected chi connectivity index (χ3v) is 4.65. The molecule has 0 aliphatic rings. The molecule has 0 fully saturated rings. The summed E-state index contributed by atoms with van der Waals surface area (Å²) in [5.74, 6) is 0.687. The van der Waals surface area contributed by atoms with E-state index in [1.54, 1.807) is 6.20 Å². The largest absolute Gasteiger partial charge is 0.462 e. The Balaban J connectivity index is 1.60. The molecule has 0 atom stereocenters. The molecule has 0 radical (unpaired) electrons. The molecule has 4 rings (SSSR count). The first kappa shape index (κ1) is 19.2. The summed E-state index contributed by atoms with van der Waals surface area (Å²) in [5.41, 5.74) is 3.82. The lowest BCUT2D eigenvalue weighted by atomic mass is 10.1. The molecule has 0 unspecified atom stereocenters. The molecule has 8 heteroatoms. The molecule has 148 valence electrons. The summed E-state index contributed by atoms with van der Waals surface area (Å²) in [7, 11) is 1.87. The Bertz CT molecular complexity index is 1100. The molecular formula is C21H21ClN6O. The van der Waals surface area contributed by atoms with E-state index >= 15 is 0 Å². The van der Waals surface area contributed by atoms with Crippen molar-refractivity contribution >= 4 is 23.1 Å². The molecule has 0 aliphatic carbocycles. The maximum absolute atomic E-state index is 6.05. The number of likely N-dealkylation sites (N-methyl/N-ethyl adjacent to an activating group) is 1. The van der Waals surface area contributed by atoms with Gasteiger partial charge in [0.2, 0.25) is 0 Å². The minimum atomic E-state index is 0.348. The molecule has 0 saturated carbocycles. The molecule has 3 heterocycles. The van der Waals surface area contributed by atoms with Crippen molar-refractivity contribution < 1.29 is 4.74 Å². The van der Waals surface area contributed by atoms with Crippen molar-refractivity contribution in [1.29, 1.82) is 0 Å². The highest BCUT2D eigenvalue weighted by molar-refractivity contribution is 6.30. The van der Waals surface area contributed by atoms with E-state index in [2.05, 4.69) is 25.0 Å². The summed E-state index contributed by atoms with van der Waals surface area (Å²) in [6.07, 6.45) is 3.68. The van der Waals surface area contributed by atoms with Crippen molar-refractivity contribution in [3.8, 4) is 17.3 Å². The van der Waals surface area contributed by atoms with Gasteiger partial charge < -0.3 is 19.8 Å². The van der Waals surface area contributed by atoms with Crippen LogP contribution < -0.4 is 15.4 Å². The van der Waals surface area contributed by atoms with Crippen LogP contribution in [0.1, 0.15) is 5.69 Å². The molecule has 0 spiro atoms. The van der Waals surface area contributed by atoms with Crippen LogP contribution in [-0.2, 0) is 6.54 Å². The van der Waals surface area contributed by atoms with E-state index in [9.17, 15) is 0 Å². The summed E-state index contributed by atoms with van der Waals surface area (Å²) in [4.78, 5) is 13.4. The van der Waals surface area contributed by atoms with Crippen LogP contribution in [0.4, 0.5) is 5.82 Å². The number of pyridine rings is 1. The Hall–Kier alpha value is -3.16. The Morgan fingerprint density at radius 3 is 2.76 bits per heavy atom. The highest BCUT2D eigenvalue weighted by atomic mass is 35.5. The van der Waals surface area contributed by atoms with Gasteiger partial charge in [-0.3, -0.25) is 0 Å². The first-order chi connectivity index (χ1) is 14.2. The normalized spacial score (nSPS) is 11.0. The minimum absolute atomic E-state index is 0.348. The van der Waals surface area contributed by atoms with Crippen LogP contribution in [0.15, 0.2) is 60.9 Å². The van der Waals surface area contributed by atoms with Crippen molar-refractivity contribution in [3.63, 3.8) is 0 Å². The number of aromatic nitrogens is 4. The Labute approximate surface area is 173 Å². The fraction of sp³-hybridized carbons (Fsp3) is 0.190. The average Bonchev–Trinajstić information content (AvgIpc) is 3.12. The maximum Gasteiger partial charge on any atom is 0.318 e. The zero-order valence-corrected chi connectivity index (χ0v) is 16.7. The van der Waals surface area contributed by atoms with Gasteiger partial charge in [0.15, 0.2) is 0 Å². The highest BCUT2D eigenvalue weighted by Crippen LogP contribution is 2.26. The van der Waals surface area contributed by atoms with E-state index in [-0.39, 0.29) is 0 Å². The summed E-state index contributed by atoms with van der Waals surface area (Å²) in [6.45, 7) is 1.78. The van der Waals surface area contributed by atoms with E-state index in [1.807, 2.05) is 61.8 Å². The smallest absolute Gasteiger partial charge is 0.318 e. The molecular weight excluding hydrogens is 388 g/mol. The van der Waals surface area contributed by atoms with Gasteiger partial charge in [-0.1, -0.05) is 29.8 Å². The molecule has 0 saturated heterocycles. The van der Waals surface area contributed by atoms with Gasteiger partial charge in [0.25, 0.3) is 0 Å². The van der Waals surface area contributed by atoms with Gasteiger partial charge in [-0.25, -0.2) is 9.97 Å². The second-order valence-corrected chi connectivity index (χ2v) is 6.81. The fourth-order valence-electron chi connectivity index (χ4n) is 2.98. The number of benzene rings is 1. The quantitative estimate of drug-likeness (QED) is 0.433. The standard InChI is InChI=1S/C21H21ClN6O/c1-23-11-13-29-21-24-10-9-18(26-21)25-14-17-20(15-5-7-16(22)8-6-15)27-19-4-2-3-12-28(17)19/h2-10,12,23H,11,13-14H2,1H3,(H,24,25,26). The average molecular weight is 409 g/mol. The third kappa shape index (κ3) is 4.47. The van der Waals surface area contributed by atoms with Crippen molar-refractivity contribution in [1.82, 2.24) is 24.7 Å². The first-order valence-electron chi connectivity index (χ1n) is 9.31. The second kappa shape index (κ2) is 8.89. The van der Waals surface area contributed by atoms with E-state index in [4.69, 9.17) is 21.3 Å². The SMILES string of the molecule is CNCCOc1nccc(NCc2c(-c3ccc(Cl)cc3)nc3ccccn23)n1. The zero-order valence-electron chi connectivity index (χ0n) is 16.0. The van der Waals surface area contributed by atoms with Crippen molar-refractivity contribution in [2.75, 3.05) is 25.5 Å². The van der Waals surface area contributed by atoms with Crippen LogP contribution in [0.25, 0.3) is 16.9 Å². The molecule has 0 aliphatic heterocycles. The number of rotatable bonds is 8. The second-order valence-electron chi connectivity index (χ2n) is 6.37. The van der Waals surface area contributed by atoms with E-state index in [0.29, 0.717) is 30.0 Å². The number of nitrogens with zero attached hydrogens (tertiary/aromatic N) is 4. The van der Waals surface area contributed by atoms with Gasteiger partial charge in [-0.15, -0.1) is 0 Å². The highest BCUT2D eigenvalue weighted by Gasteiger charge is 2.14. The molecule has 2 N–H and O–H groups in total. The Morgan fingerprint density at radius 2 is 1.93 bits per heavy atom. The Morgan fingerprint density at radius 1 is 1.07 bits per heavy atom. The number of ether oxygens (including phenoxy) is 1. The van der Waals surface area contributed by atoms with Gasteiger partial charge in [0.05, 0.1) is 17.9 Å². The number of fused-ring (bicyclic) bond motifs is 1. The maximum atomic E-state index is 6.05. The number of hydrogen-bond acceptors (Lipinski definition) is 6. The summed E-state index contributed by atoms with van der Waals surface area (Å²) < 4.78 is 7.62. The number of hydrogen-bond donors (Lipinski definition) is 2. The molecule has 3 aromatic heterocycles. The summed E-state index contributed by atoms with van der Waals surface area (Å²) in [5, 5.41) is 7.08. The van der Waals surface area contributed by atoms with Crippen LogP contribution in [0.5, 0.6) is 6.01 Å². The summed E-state index contributed by atoms with van der Waals surface area (Å²) >= 11 is 6.05. The Kier molecular flexibility index (Phi) is 5.88. The van der Waals surface area contributed by atoms with Crippen LogP contribution in [-0.4, -0.2) is 39.6 Å². The predicted molar refractivity (Wildman–Crippen MR) is 114 cm³/mol. The lowest BCUT2D eigenvalue weighted by Crippen LogP contribution is -2.17. The number of anilines is 1. The number of halogens is 1. The topological polar surface area (TPSA) is 76.4 Å². The third-order valence-electron chi connectivity index (χ3n) is 4.40. The van der Waals surface area contributed by atoms with Crippen molar-refractivity contribution in [2.24, 2.45) is 0 Å². The predicted octanol–water partition coefficient (Wildman–Crippen LogP) is 3.66. The number of imidazole rings is 1. The molecule has 7 nitrogen and oxygen atoms in total. The van der Waals surface area contributed by atoms with Gasteiger partial charge in [-0.2, -0.15) is 4.98 Å². The van der Waals surface area contributed by atoms with Gasteiger partial charge in [0.1, 0.15) is 18.1 Å².